The minimum Gasteiger partial charge on any atom is -0.398 e. The van der Waals surface area contributed by atoms with Gasteiger partial charge in [-0.3, -0.25) is 19.8 Å². The van der Waals surface area contributed by atoms with E-state index in [2.05, 4.69) is 16.8 Å². The van der Waals surface area contributed by atoms with Crippen LogP contribution < -0.4 is 16.9 Å². The van der Waals surface area contributed by atoms with E-state index in [1.165, 1.54) is 6.08 Å². The summed E-state index contributed by atoms with van der Waals surface area (Å²) in [5.74, 6) is 0. The van der Waals surface area contributed by atoms with Gasteiger partial charge in [0.15, 0.2) is 0 Å². The normalized spacial score (nSPS) is 11.4. The van der Waals surface area contributed by atoms with Gasteiger partial charge < -0.3 is 5.73 Å². The number of aromatic amines is 2. The quantitative estimate of drug-likeness (QED) is 0.618. The maximum Gasteiger partial charge on any atom is 0.272 e. The number of hydrogen-bond acceptors (Lipinski definition) is 3. The van der Waals surface area contributed by atoms with Crippen LogP contribution in [0.15, 0.2) is 22.2 Å². The van der Waals surface area contributed by atoms with Crippen molar-refractivity contribution in [1.29, 1.82) is 0 Å². The Kier molecular flexibility index (Phi) is 2.71. The van der Waals surface area contributed by atoms with Gasteiger partial charge in [0, 0.05) is 5.70 Å². The van der Waals surface area contributed by atoms with Crippen molar-refractivity contribution in [3.8, 4) is 0 Å². The molecule has 0 spiro atoms. The highest BCUT2D eigenvalue weighted by atomic mass is 16.1. The van der Waals surface area contributed by atoms with Gasteiger partial charge in [0.2, 0.25) is 0 Å². The first-order chi connectivity index (χ1) is 6.61. The third kappa shape index (κ3) is 1.52. The number of nitrogens with two attached hydrogens (primary N) is 1. The van der Waals surface area contributed by atoms with Gasteiger partial charge >= 0.3 is 0 Å². The number of nitrogens with one attached hydrogen (secondary N) is 2. The van der Waals surface area contributed by atoms with E-state index in [0.717, 1.165) is 0 Å². The predicted molar refractivity (Wildman–Crippen MR) is 55.6 cm³/mol. The van der Waals surface area contributed by atoms with Crippen LogP contribution in [-0.4, -0.2) is 10.2 Å². The first kappa shape index (κ1) is 10.0. The van der Waals surface area contributed by atoms with E-state index in [1.807, 2.05) is 0 Å². The molecule has 0 unspecified atom stereocenters. The average molecular weight is 193 g/mol. The minimum atomic E-state index is -0.435. The molecule has 0 saturated carbocycles. The molecular weight excluding hydrogens is 182 g/mol. The van der Waals surface area contributed by atoms with E-state index in [4.69, 9.17) is 5.73 Å². The summed E-state index contributed by atoms with van der Waals surface area (Å²) in [6.07, 6.45) is 2.86. The van der Waals surface area contributed by atoms with Crippen molar-refractivity contribution in [2.75, 3.05) is 0 Å². The Labute approximate surface area is 79.9 Å². The summed E-state index contributed by atoms with van der Waals surface area (Å²) in [6.45, 7) is 5.14. The van der Waals surface area contributed by atoms with E-state index in [9.17, 15) is 9.59 Å². The second-order valence-corrected chi connectivity index (χ2v) is 2.65. The van der Waals surface area contributed by atoms with E-state index in [0.29, 0.717) is 0 Å². The fraction of sp³-hybridized carbons (Fsp3) is 0.111. The van der Waals surface area contributed by atoms with Crippen LogP contribution in [0.2, 0.25) is 0 Å². The molecular formula is C9H11N3O2. The summed E-state index contributed by atoms with van der Waals surface area (Å²) in [7, 11) is 0. The smallest absolute Gasteiger partial charge is 0.272 e. The number of allylic oxidation sites excluding steroid dienone is 1. The molecule has 0 bridgehead atoms. The van der Waals surface area contributed by atoms with Gasteiger partial charge in [-0.1, -0.05) is 18.7 Å². The van der Waals surface area contributed by atoms with E-state index in [1.54, 1.807) is 13.0 Å². The summed E-state index contributed by atoms with van der Waals surface area (Å²) in [6, 6.07) is 0. The summed E-state index contributed by atoms with van der Waals surface area (Å²) < 4.78 is 0. The Balaban J connectivity index is 3.71. The summed E-state index contributed by atoms with van der Waals surface area (Å²) in [4.78, 5) is 22.6. The Morgan fingerprint density at radius 1 is 1.36 bits per heavy atom. The number of hydrogen-bond donors (Lipinski definition) is 3. The lowest BCUT2D eigenvalue weighted by atomic mass is 10.1. The third-order valence-corrected chi connectivity index (χ3v) is 1.83. The van der Waals surface area contributed by atoms with Gasteiger partial charge in [0.25, 0.3) is 11.1 Å². The molecule has 1 rings (SSSR count). The SMILES string of the molecule is C=Cc1c(/C(N)=C\C)c(=O)[nH][nH]c1=O. The molecule has 0 aromatic carbocycles. The van der Waals surface area contributed by atoms with Crippen LogP contribution in [0, 0.1) is 0 Å². The van der Waals surface area contributed by atoms with Crippen molar-refractivity contribution in [2.24, 2.45) is 5.73 Å². The average Bonchev–Trinajstić information content (AvgIpc) is 2.19. The second kappa shape index (κ2) is 3.78. The van der Waals surface area contributed by atoms with Crippen LogP contribution in [0.5, 0.6) is 0 Å². The van der Waals surface area contributed by atoms with Crippen molar-refractivity contribution in [2.45, 2.75) is 6.92 Å². The fourth-order valence-electron chi connectivity index (χ4n) is 1.10. The largest absolute Gasteiger partial charge is 0.398 e. The molecule has 4 N–H and O–H groups in total. The van der Waals surface area contributed by atoms with Crippen LogP contribution in [0.3, 0.4) is 0 Å². The molecule has 0 aliphatic carbocycles. The lowest BCUT2D eigenvalue weighted by molar-refractivity contribution is 0.938. The zero-order chi connectivity index (χ0) is 10.7. The maximum atomic E-state index is 11.4. The number of H-pyrrole nitrogens is 2. The van der Waals surface area contributed by atoms with Crippen molar-refractivity contribution < 1.29 is 0 Å². The van der Waals surface area contributed by atoms with Crippen LogP contribution in [0.25, 0.3) is 11.8 Å². The van der Waals surface area contributed by atoms with Gasteiger partial charge in [-0.2, -0.15) is 0 Å². The van der Waals surface area contributed by atoms with Crippen LogP contribution >= 0.6 is 0 Å². The highest BCUT2D eigenvalue weighted by molar-refractivity contribution is 5.70. The molecule has 5 nitrogen and oxygen atoms in total. The summed E-state index contributed by atoms with van der Waals surface area (Å²) >= 11 is 0. The van der Waals surface area contributed by atoms with Crippen molar-refractivity contribution in [3.05, 3.63) is 44.5 Å². The molecule has 0 aliphatic rings. The molecule has 1 heterocycles. The lowest BCUT2D eigenvalue weighted by Gasteiger charge is -2.02. The molecule has 0 amide bonds. The maximum absolute atomic E-state index is 11.4. The third-order valence-electron chi connectivity index (χ3n) is 1.83. The Morgan fingerprint density at radius 2 is 1.93 bits per heavy atom. The molecule has 74 valence electrons. The highest BCUT2D eigenvalue weighted by Gasteiger charge is 2.10. The molecule has 14 heavy (non-hydrogen) atoms. The molecule has 0 fully saturated rings. The topological polar surface area (TPSA) is 91.7 Å². The van der Waals surface area contributed by atoms with Gasteiger partial charge in [-0.05, 0) is 6.92 Å². The summed E-state index contributed by atoms with van der Waals surface area (Å²) in [5, 5.41) is 4.39. The standard InChI is InChI=1S/C9H11N3O2/c1-3-5-7(6(10)4-2)9(14)12-11-8(5)13/h3-4H,1,10H2,2H3,(H,11,13)(H,12,14)/b6-4+. The Morgan fingerprint density at radius 3 is 2.43 bits per heavy atom. The Bertz CT molecular complexity index is 494. The molecule has 0 radical (unpaired) electrons. The van der Waals surface area contributed by atoms with Crippen molar-refractivity contribution >= 4 is 11.8 Å². The highest BCUT2D eigenvalue weighted by Crippen LogP contribution is 2.06. The number of rotatable bonds is 2. The number of aromatic nitrogens is 2. The summed E-state index contributed by atoms with van der Waals surface area (Å²) in [5.41, 5.74) is 5.33. The van der Waals surface area contributed by atoms with Crippen LogP contribution in [0.4, 0.5) is 0 Å². The Hall–Kier alpha value is -2.04. The van der Waals surface area contributed by atoms with Gasteiger partial charge in [-0.25, -0.2) is 0 Å². The van der Waals surface area contributed by atoms with E-state index >= 15 is 0 Å². The zero-order valence-corrected chi connectivity index (χ0v) is 7.76. The monoisotopic (exact) mass is 193 g/mol. The van der Waals surface area contributed by atoms with Gasteiger partial charge in [-0.15, -0.1) is 0 Å². The minimum absolute atomic E-state index is 0.159. The predicted octanol–water partition coefficient (Wildman–Crippen LogP) is 0.0257. The van der Waals surface area contributed by atoms with E-state index in [-0.39, 0.29) is 16.8 Å². The van der Waals surface area contributed by atoms with Crippen molar-refractivity contribution in [3.63, 3.8) is 0 Å². The van der Waals surface area contributed by atoms with Crippen LogP contribution in [0.1, 0.15) is 18.1 Å². The van der Waals surface area contributed by atoms with Crippen molar-refractivity contribution in [1.82, 2.24) is 10.2 Å². The molecule has 1 aromatic heterocycles. The first-order valence-corrected chi connectivity index (χ1v) is 4.01. The van der Waals surface area contributed by atoms with Gasteiger partial charge in [0.1, 0.15) is 0 Å². The van der Waals surface area contributed by atoms with E-state index < -0.39 is 11.1 Å². The van der Waals surface area contributed by atoms with Crippen LogP contribution in [-0.2, 0) is 0 Å². The molecule has 0 aliphatic heterocycles. The lowest BCUT2D eigenvalue weighted by Crippen LogP contribution is -2.26. The molecule has 0 atom stereocenters. The molecule has 5 heteroatoms. The van der Waals surface area contributed by atoms with Gasteiger partial charge in [0.05, 0.1) is 11.1 Å². The molecule has 1 aromatic rings. The fourth-order valence-corrected chi connectivity index (χ4v) is 1.10. The zero-order valence-electron chi connectivity index (χ0n) is 7.76. The first-order valence-electron chi connectivity index (χ1n) is 4.01. The second-order valence-electron chi connectivity index (χ2n) is 2.65. The molecule has 0 saturated heterocycles.